The Balaban J connectivity index is 1.44. The highest BCUT2D eigenvalue weighted by atomic mass is 16.2. The maximum absolute atomic E-state index is 13.0. The summed E-state index contributed by atoms with van der Waals surface area (Å²) in [5.74, 6) is 0.216. The van der Waals surface area contributed by atoms with Crippen molar-refractivity contribution < 1.29 is 9.59 Å². The predicted molar refractivity (Wildman–Crippen MR) is 98.7 cm³/mol. The second-order valence-corrected chi connectivity index (χ2v) is 7.25. The van der Waals surface area contributed by atoms with Crippen LogP contribution in [0.4, 0.5) is 0 Å². The van der Waals surface area contributed by atoms with E-state index in [2.05, 4.69) is 9.97 Å². The number of carbonyl (C=O) groups excluding carboxylic acids is 2. The number of rotatable bonds is 3. The second-order valence-electron chi connectivity index (χ2n) is 7.25. The molecule has 2 aliphatic rings. The molecule has 0 aliphatic carbocycles. The van der Waals surface area contributed by atoms with Crippen LogP contribution in [-0.4, -0.2) is 44.7 Å². The summed E-state index contributed by atoms with van der Waals surface area (Å²) in [4.78, 5) is 47.9. The van der Waals surface area contributed by atoms with Crippen LogP contribution in [0.2, 0.25) is 0 Å². The Morgan fingerprint density at radius 2 is 2.04 bits per heavy atom. The van der Waals surface area contributed by atoms with Gasteiger partial charge in [0.25, 0.3) is 5.56 Å². The Morgan fingerprint density at radius 1 is 1.26 bits per heavy atom. The third-order valence-corrected chi connectivity index (χ3v) is 5.28. The number of nitrogens with zero attached hydrogens (tertiary/aromatic N) is 3. The van der Waals surface area contributed by atoms with Gasteiger partial charge in [-0.25, -0.2) is 4.98 Å². The molecule has 2 aromatic rings. The average molecular weight is 366 g/mol. The summed E-state index contributed by atoms with van der Waals surface area (Å²) in [6.45, 7) is 3.53. The van der Waals surface area contributed by atoms with Gasteiger partial charge in [-0.15, -0.1) is 0 Å². The molecule has 1 atom stereocenters. The highest BCUT2D eigenvalue weighted by Gasteiger charge is 2.37. The number of fused-ring (bicyclic) bond motifs is 1. The summed E-state index contributed by atoms with van der Waals surface area (Å²) >= 11 is 0. The van der Waals surface area contributed by atoms with E-state index in [0.29, 0.717) is 49.7 Å². The minimum Gasteiger partial charge on any atom is -0.338 e. The van der Waals surface area contributed by atoms with E-state index >= 15 is 0 Å². The lowest BCUT2D eigenvalue weighted by atomic mass is 10.0. The standard InChI is InChI=1S/C20H22N4O3/c1-13-21-17-12-23(8-7-16(17)19(26)22-13)20(27)15-9-18(25)24(11-15)10-14-5-3-2-4-6-14/h2-6,15H,7-12H2,1H3,(H,21,22,26)/t15-/m1/s1. The fourth-order valence-corrected chi connectivity index (χ4v) is 3.90. The number of H-pyrrole nitrogens is 1. The van der Waals surface area contributed by atoms with Crippen LogP contribution in [0.25, 0.3) is 0 Å². The molecule has 0 saturated carbocycles. The van der Waals surface area contributed by atoms with Gasteiger partial charge < -0.3 is 14.8 Å². The van der Waals surface area contributed by atoms with Crippen LogP contribution in [0.1, 0.15) is 29.1 Å². The van der Waals surface area contributed by atoms with Crippen molar-refractivity contribution in [2.45, 2.75) is 32.9 Å². The summed E-state index contributed by atoms with van der Waals surface area (Å²) < 4.78 is 0. The Hall–Kier alpha value is -2.96. The Morgan fingerprint density at radius 3 is 2.81 bits per heavy atom. The number of likely N-dealkylation sites (tertiary alicyclic amines) is 1. The van der Waals surface area contributed by atoms with Crippen molar-refractivity contribution in [3.8, 4) is 0 Å². The molecule has 3 heterocycles. The molecule has 0 unspecified atom stereocenters. The van der Waals surface area contributed by atoms with E-state index in [1.807, 2.05) is 30.3 Å². The fourth-order valence-electron chi connectivity index (χ4n) is 3.90. The molecule has 4 rings (SSSR count). The number of carbonyl (C=O) groups is 2. The van der Waals surface area contributed by atoms with Crippen molar-refractivity contribution in [2.75, 3.05) is 13.1 Å². The second kappa shape index (κ2) is 6.98. The summed E-state index contributed by atoms with van der Waals surface area (Å²) in [6.07, 6.45) is 0.745. The van der Waals surface area contributed by atoms with Crippen LogP contribution in [0.5, 0.6) is 0 Å². The maximum Gasteiger partial charge on any atom is 0.254 e. The van der Waals surface area contributed by atoms with E-state index in [9.17, 15) is 14.4 Å². The highest BCUT2D eigenvalue weighted by Crippen LogP contribution is 2.24. The molecule has 1 saturated heterocycles. The molecule has 2 aliphatic heterocycles. The first-order valence-electron chi connectivity index (χ1n) is 9.20. The molecule has 1 fully saturated rings. The zero-order valence-corrected chi connectivity index (χ0v) is 15.3. The van der Waals surface area contributed by atoms with Gasteiger partial charge in [-0.3, -0.25) is 14.4 Å². The highest BCUT2D eigenvalue weighted by molar-refractivity contribution is 5.89. The van der Waals surface area contributed by atoms with E-state index in [4.69, 9.17) is 0 Å². The van der Waals surface area contributed by atoms with E-state index in [1.54, 1.807) is 16.7 Å². The Labute approximate surface area is 157 Å². The van der Waals surface area contributed by atoms with Gasteiger partial charge in [0, 0.05) is 31.6 Å². The molecule has 27 heavy (non-hydrogen) atoms. The minimum atomic E-state index is -0.328. The molecule has 140 valence electrons. The normalized spacial score (nSPS) is 19.3. The van der Waals surface area contributed by atoms with Crippen LogP contribution >= 0.6 is 0 Å². The van der Waals surface area contributed by atoms with Crippen molar-refractivity contribution in [3.63, 3.8) is 0 Å². The third kappa shape index (κ3) is 3.49. The van der Waals surface area contributed by atoms with Crippen molar-refractivity contribution in [1.82, 2.24) is 19.8 Å². The number of aryl methyl sites for hydroxylation is 1. The van der Waals surface area contributed by atoms with Crippen molar-refractivity contribution in [1.29, 1.82) is 0 Å². The van der Waals surface area contributed by atoms with Gasteiger partial charge in [0.2, 0.25) is 11.8 Å². The first kappa shape index (κ1) is 17.5. The quantitative estimate of drug-likeness (QED) is 0.878. The number of amides is 2. The van der Waals surface area contributed by atoms with Gasteiger partial charge in [0.15, 0.2) is 0 Å². The molecule has 0 radical (unpaired) electrons. The lowest BCUT2D eigenvalue weighted by molar-refractivity contribution is -0.136. The largest absolute Gasteiger partial charge is 0.338 e. The van der Waals surface area contributed by atoms with E-state index in [1.165, 1.54) is 0 Å². The molecular formula is C20H22N4O3. The van der Waals surface area contributed by atoms with Gasteiger partial charge in [-0.05, 0) is 18.9 Å². The van der Waals surface area contributed by atoms with Gasteiger partial charge in [-0.1, -0.05) is 30.3 Å². The van der Waals surface area contributed by atoms with E-state index < -0.39 is 0 Å². The lowest BCUT2D eigenvalue weighted by Crippen LogP contribution is -2.42. The number of aromatic amines is 1. The molecule has 7 heteroatoms. The number of aromatic nitrogens is 2. The van der Waals surface area contributed by atoms with Gasteiger partial charge in [0.1, 0.15) is 5.82 Å². The van der Waals surface area contributed by atoms with Crippen LogP contribution in [0, 0.1) is 12.8 Å². The SMILES string of the molecule is Cc1nc2c(c(=O)[nH]1)CCN(C(=O)[C@@H]1CC(=O)N(Cc3ccccc3)C1)C2. The molecule has 0 spiro atoms. The van der Waals surface area contributed by atoms with Gasteiger partial charge in [-0.2, -0.15) is 0 Å². The lowest BCUT2D eigenvalue weighted by Gasteiger charge is -2.29. The monoisotopic (exact) mass is 366 g/mol. The minimum absolute atomic E-state index is 0.0139. The molecule has 7 nitrogen and oxygen atoms in total. The molecule has 1 aromatic heterocycles. The molecular weight excluding hydrogens is 344 g/mol. The van der Waals surface area contributed by atoms with Crippen LogP contribution in [0.15, 0.2) is 35.1 Å². The van der Waals surface area contributed by atoms with Gasteiger partial charge in [0.05, 0.1) is 18.2 Å². The van der Waals surface area contributed by atoms with Crippen molar-refractivity contribution in [3.05, 3.63) is 63.3 Å². The predicted octanol–water partition coefficient (Wildman–Crippen LogP) is 1.01. The zero-order valence-electron chi connectivity index (χ0n) is 15.3. The van der Waals surface area contributed by atoms with E-state index in [-0.39, 0.29) is 29.7 Å². The van der Waals surface area contributed by atoms with Gasteiger partial charge >= 0.3 is 0 Å². The number of hydrogen-bond donors (Lipinski definition) is 1. The number of benzene rings is 1. The zero-order chi connectivity index (χ0) is 19.0. The summed E-state index contributed by atoms with van der Waals surface area (Å²) in [5, 5.41) is 0. The van der Waals surface area contributed by atoms with Crippen molar-refractivity contribution >= 4 is 11.8 Å². The van der Waals surface area contributed by atoms with E-state index in [0.717, 1.165) is 5.56 Å². The van der Waals surface area contributed by atoms with Crippen LogP contribution in [0.3, 0.4) is 0 Å². The first-order valence-corrected chi connectivity index (χ1v) is 9.20. The summed E-state index contributed by atoms with van der Waals surface area (Å²) in [5.41, 5.74) is 2.28. The maximum atomic E-state index is 13.0. The molecule has 2 amide bonds. The average Bonchev–Trinajstić information content (AvgIpc) is 3.02. The molecule has 1 aromatic carbocycles. The smallest absolute Gasteiger partial charge is 0.254 e. The molecule has 0 bridgehead atoms. The van der Waals surface area contributed by atoms with Crippen LogP contribution in [-0.2, 0) is 29.1 Å². The number of nitrogens with one attached hydrogen (secondary N) is 1. The third-order valence-electron chi connectivity index (χ3n) is 5.28. The summed E-state index contributed by atoms with van der Waals surface area (Å²) in [6, 6.07) is 9.79. The van der Waals surface area contributed by atoms with Crippen LogP contribution < -0.4 is 5.56 Å². The number of hydrogen-bond acceptors (Lipinski definition) is 4. The first-order chi connectivity index (χ1) is 13.0. The molecule has 1 N–H and O–H groups in total. The topological polar surface area (TPSA) is 86.4 Å². The van der Waals surface area contributed by atoms with Crippen molar-refractivity contribution in [2.24, 2.45) is 5.92 Å². The Bertz CT molecular complexity index is 938. The fraction of sp³-hybridized carbons (Fsp3) is 0.400. The summed E-state index contributed by atoms with van der Waals surface area (Å²) in [7, 11) is 0. The Kier molecular flexibility index (Phi) is 4.51.